The minimum atomic E-state index is -0.0439. The van der Waals surface area contributed by atoms with E-state index in [0.717, 1.165) is 17.7 Å². The molecule has 1 aliphatic heterocycles. The predicted molar refractivity (Wildman–Crippen MR) is 87.0 cm³/mol. The number of hydrogen-bond donors (Lipinski definition) is 1. The van der Waals surface area contributed by atoms with Crippen LogP contribution in [0.4, 0.5) is 0 Å². The summed E-state index contributed by atoms with van der Waals surface area (Å²) in [6.07, 6.45) is 0.784. The first-order valence-corrected chi connectivity index (χ1v) is 7.63. The molecule has 3 rings (SSSR count). The van der Waals surface area contributed by atoms with Gasteiger partial charge in [-0.15, -0.1) is 0 Å². The molecule has 0 saturated heterocycles. The van der Waals surface area contributed by atoms with Gasteiger partial charge in [0, 0.05) is 23.0 Å². The summed E-state index contributed by atoms with van der Waals surface area (Å²) in [5.41, 5.74) is 12.4. The minimum Gasteiger partial charge on any atom is -0.485 e. The van der Waals surface area contributed by atoms with E-state index in [1.54, 1.807) is 0 Å². The van der Waals surface area contributed by atoms with Crippen LogP contribution in [0.25, 0.3) is 0 Å². The maximum absolute atomic E-state index is 6.33. The number of nitrogens with two attached hydrogens (primary N) is 1. The average molecular weight is 302 g/mol. The van der Waals surface area contributed by atoms with Crippen LogP contribution < -0.4 is 10.5 Å². The SMILES string of the molecule is Cc1cc(C)c(C2C[C@@H](N)c3cc(Cl)ccc3O2)c(C)c1. The summed E-state index contributed by atoms with van der Waals surface area (Å²) in [5.74, 6) is 0.850. The van der Waals surface area contributed by atoms with E-state index in [9.17, 15) is 0 Å². The fraction of sp³-hybridized carbons (Fsp3) is 0.333. The molecule has 3 heteroatoms. The zero-order valence-electron chi connectivity index (χ0n) is 12.6. The zero-order valence-corrected chi connectivity index (χ0v) is 13.4. The summed E-state index contributed by atoms with van der Waals surface area (Å²) in [6, 6.07) is 10.0. The lowest BCUT2D eigenvalue weighted by atomic mass is 9.88. The molecule has 0 fully saturated rings. The Balaban J connectivity index is 2.02. The molecule has 0 bridgehead atoms. The fourth-order valence-corrected chi connectivity index (χ4v) is 3.53. The molecule has 1 heterocycles. The summed E-state index contributed by atoms with van der Waals surface area (Å²) in [6.45, 7) is 6.40. The number of aryl methyl sites for hydroxylation is 3. The van der Waals surface area contributed by atoms with Gasteiger partial charge in [0.15, 0.2) is 0 Å². The molecule has 2 aromatic carbocycles. The van der Waals surface area contributed by atoms with Crippen molar-refractivity contribution in [2.24, 2.45) is 5.73 Å². The Morgan fingerprint density at radius 2 is 1.76 bits per heavy atom. The summed E-state index contributed by atoms with van der Waals surface area (Å²) in [4.78, 5) is 0. The highest BCUT2D eigenvalue weighted by Crippen LogP contribution is 2.42. The molecule has 2 nitrogen and oxygen atoms in total. The summed E-state index contributed by atoms with van der Waals surface area (Å²) in [5, 5.41) is 0.703. The maximum atomic E-state index is 6.33. The molecule has 0 aromatic heterocycles. The first-order valence-electron chi connectivity index (χ1n) is 7.25. The second-order valence-electron chi connectivity index (χ2n) is 5.94. The van der Waals surface area contributed by atoms with E-state index in [1.165, 1.54) is 22.3 Å². The van der Waals surface area contributed by atoms with Crippen molar-refractivity contribution in [1.29, 1.82) is 0 Å². The van der Waals surface area contributed by atoms with Crippen LogP contribution in [0, 0.1) is 20.8 Å². The molecule has 2 aromatic rings. The molecule has 0 aliphatic carbocycles. The Bertz CT molecular complexity index is 673. The van der Waals surface area contributed by atoms with Crippen LogP contribution in [0.2, 0.25) is 5.02 Å². The van der Waals surface area contributed by atoms with Gasteiger partial charge in [0.05, 0.1) is 0 Å². The Morgan fingerprint density at radius 3 is 2.43 bits per heavy atom. The topological polar surface area (TPSA) is 35.2 Å². The molecular weight excluding hydrogens is 282 g/mol. The summed E-state index contributed by atoms with van der Waals surface area (Å²) in [7, 11) is 0. The second kappa shape index (κ2) is 5.36. The van der Waals surface area contributed by atoms with Crippen molar-refractivity contribution < 1.29 is 4.74 Å². The molecule has 1 unspecified atom stereocenters. The van der Waals surface area contributed by atoms with Gasteiger partial charge >= 0.3 is 0 Å². The lowest BCUT2D eigenvalue weighted by Gasteiger charge is -2.32. The Kier molecular flexibility index (Phi) is 3.68. The lowest BCUT2D eigenvalue weighted by Crippen LogP contribution is -2.25. The highest BCUT2D eigenvalue weighted by Gasteiger charge is 2.29. The van der Waals surface area contributed by atoms with E-state index in [-0.39, 0.29) is 12.1 Å². The quantitative estimate of drug-likeness (QED) is 0.822. The molecule has 21 heavy (non-hydrogen) atoms. The van der Waals surface area contributed by atoms with E-state index in [2.05, 4.69) is 32.9 Å². The lowest BCUT2D eigenvalue weighted by molar-refractivity contribution is 0.160. The average Bonchev–Trinajstić information content (AvgIpc) is 2.38. The summed E-state index contributed by atoms with van der Waals surface area (Å²) < 4.78 is 6.21. The van der Waals surface area contributed by atoms with Crippen LogP contribution in [0.15, 0.2) is 30.3 Å². The minimum absolute atomic E-state index is 0.00859. The highest BCUT2D eigenvalue weighted by molar-refractivity contribution is 6.30. The van der Waals surface area contributed by atoms with Gasteiger partial charge in [-0.25, -0.2) is 0 Å². The van der Waals surface area contributed by atoms with Crippen LogP contribution in [0.5, 0.6) is 5.75 Å². The molecule has 1 aliphatic rings. The van der Waals surface area contributed by atoms with Gasteiger partial charge in [0.25, 0.3) is 0 Å². The highest BCUT2D eigenvalue weighted by atomic mass is 35.5. The van der Waals surface area contributed by atoms with Crippen LogP contribution >= 0.6 is 11.6 Å². The van der Waals surface area contributed by atoms with Gasteiger partial charge in [-0.3, -0.25) is 0 Å². The molecule has 2 N–H and O–H groups in total. The third kappa shape index (κ3) is 2.66. The van der Waals surface area contributed by atoms with Gasteiger partial charge in [0.1, 0.15) is 11.9 Å². The van der Waals surface area contributed by atoms with Gasteiger partial charge in [-0.05, 0) is 55.7 Å². The molecule has 2 atom stereocenters. The van der Waals surface area contributed by atoms with Crippen molar-refractivity contribution >= 4 is 11.6 Å². The number of benzene rings is 2. The van der Waals surface area contributed by atoms with Crippen molar-refractivity contribution in [2.75, 3.05) is 0 Å². The standard InChI is InChI=1S/C18H20ClNO/c1-10-6-11(2)18(12(3)7-10)17-9-15(20)14-8-13(19)4-5-16(14)21-17/h4-8,15,17H,9,20H2,1-3H3/t15-,17?/m1/s1. The van der Waals surface area contributed by atoms with Crippen LogP contribution in [0.3, 0.4) is 0 Å². The number of hydrogen-bond acceptors (Lipinski definition) is 2. The van der Waals surface area contributed by atoms with Crippen molar-refractivity contribution in [3.05, 3.63) is 63.2 Å². The van der Waals surface area contributed by atoms with Crippen molar-refractivity contribution in [3.8, 4) is 5.75 Å². The molecule has 0 amide bonds. The number of rotatable bonds is 1. The molecular formula is C18H20ClNO. The maximum Gasteiger partial charge on any atom is 0.126 e. The third-order valence-corrected chi connectivity index (χ3v) is 4.40. The van der Waals surface area contributed by atoms with Crippen LogP contribution in [-0.4, -0.2) is 0 Å². The Hall–Kier alpha value is -1.51. The van der Waals surface area contributed by atoms with Crippen LogP contribution in [0.1, 0.15) is 46.4 Å². The molecule has 0 spiro atoms. The first-order chi connectivity index (χ1) is 9.95. The van der Waals surface area contributed by atoms with Crippen LogP contribution in [-0.2, 0) is 0 Å². The zero-order chi connectivity index (χ0) is 15.1. The van der Waals surface area contributed by atoms with E-state index >= 15 is 0 Å². The van der Waals surface area contributed by atoms with Crippen molar-refractivity contribution in [2.45, 2.75) is 39.3 Å². The van der Waals surface area contributed by atoms with Crippen molar-refractivity contribution in [1.82, 2.24) is 0 Å². The van der Waals surface area contributed by atoms with Gasteiger partial charge in [-0.2, -0.15) is 0 Å². The number of halogens is 1. The molecule has 0 radical (unpaired) electrons. The first kappa shape index (κ1) is 14.4. The second-order valence-corrected chi connectivity index (χ2v) is 6.38. The van der Waals surface area contributed by atoms with Gasteiger partial charge in [-0.1, -0.05) is 29.3 Å². The predicted octanol–water partition coefficient (Wildman–Crippen LogP) is 4.79. The third-order valence-electron chi connectivity index (χ3n) is 4.17. The smallest absolute Gasteiger partial charge is 0.126 e. The number of fused-ring (bicyclic) bond motifs is 1. The fourth-order valence-electron chi connectivity index (χ4n) is 3.35. The number of ether oxygens (including phenoxy) is 1. The summed E-state index contributed by atoms with van der Waals surface area (Å²) >= 11 is 6.05. The van der Waals surface area contributed by atoms with E-state index in [0.29, 0.717) is 5.02 Å². The van der Waals surface area contributed by atoms with E-state index < -0.39 is 0 Å². The van der Waals surface area contributed by atoms with E-state index in [1.807, 2.05) is 18.2 Å². The van der Waals surface area contributed by atoms with E-state index in [4.69, 9.17) is 22.1 Å². The monoisotopic (exact) mass is 301 g/mol. The van der Waals surface area contributed by atoms with Crippen molar-refractivity contribution in [3.63, 3.8) is 0 Å². The molecule has 110 valence electrons. The van der Waals surface area contributed by atoms with Gasteiger partial charge in [0.2, 0.25) is 0 Å². The largest absolute Gasteiger partial charge is 0.485 e. The Labute approximate surface area is 130 Å². The molecule has 0 saturated carbocycles. The normalized spacial score (nSPS) is 20.8. The van der Waals surface area contributed by atoms with Gasteiger partial charge < -0.3 is 10.5 Å². The Morgan fingerprint density at radius 1 is 1.10 bits per heavy atom.